The number of fused-ring (bicyclic) bond motifs is 1. The van der Waals surface area contributed by atoms with Crippen LogP contribution >= 0.6 is 0 Å². The molecule has 1 amide bonds. The fraction of sp³-hybridized carbons (Fsp3) is 0.333. The second-order valence-electron chi connectivity index (χ2n) is 8.68. The van der Waals surface area contributed by atoms with Gasteiger partial charge in [-0.05, 0) is 37.1 Å². The number of ether oxygens (including phenoxy) is 1. The van der Waals surface area contributed by atoms with Crippen LogP contribution in [0.2, 0.25) is 0 Å². The third-order valence-corrected chi connectivity index (χ3v) is 6.13. The van der Waals surface area contributed by atoms with E-state index in [9.17, 15) is 9.90 Å². The van der Waals surface area contributed by atoms with Gasteiger partial charge in [-0.15, -0.1) is 5.10 Å². The van der Waals surface area contributed by atoms with E-state index >= 15 is 0 Å². The summed E-state index contributed by atoms with van der Waals surface area (Å²) in [6.45, 7) is 0.870. The number of hydrogen-bond acceptors (Lipinski definition) is 8. The molecule has 1 aromatic carbocycles. The molecule has 0 saturated carbocycles. The van der Waals surface area contributed by atoms with Crippen LogP contribution in [0, 0.1) is 0 Å². The van der Waals surface area contributed by atoms with Crippen molar-refractivity contribution in [2.75, 3.05) is 44.6 Å². The van der Waals surface area contributed by atoms with Gasteiger partial charge in [-0.1, -0.05) is 0 Å². The molecule has 4 heterocycles. The molecule has 4 aromatic rings. The average molecular weight is 477 g/mol. The van der Waals surface area contributed by atoms with Crippen molar-refractivity contribution in [3.63, 3.8) is 0 Å². The summed E-state index contributed by atoms with van der Waals surface area (Å²) in [6.07, 6.45) is 7.26. The van der Waals surface area contributed by atoms with Gasteiger partial charge in [-0.25, -0.2) is 9.50 Å². The first-order valence-corrected chi connectivity index (χ1v) is 11.4. The quantitative estimate of drug-likeness (QED) is 0.418. The first-order valence-electron chi connectivity index (χ1n) is 11.4. The van der Waals surface area contributed by atoms with Crippen molar-refractivity contribution in [2.24, 2.45) is 0 Å². The number of carbonyl (C=O) groups excluding carboxylic acids is 1. The fourth-order valence-corrected chi connectivity index (χ4v) is 4.31. The highest BCUT2D eigenvalue weighted by molar-refractivity contribution is 5.95. The number of aliphatic hydroxyl groups excluding tert-OH is 1. The zero-order chi connectivity index (χ0) is 24.5. The number of methoxy groups -OCH3 is 1. The number of anilines is 3. The number of aromatic nitrogens is 5. The Morgan fingerprint density at radius 3 is 2.94 bits per heavy atom. The number of rotatable bonds is 7. The lowest BCUT2D eigenvalue weighted by Gasteiger charge is -2.23. The first kappa shape index (κ1) is 22.7. The Morgan fingerprint density at radius 2 is 2.17 bits per heavy atom. The van der Waals surface area contributed by atoms with Crippen LogP contribution in [0.1, 0.15) is 23.2 Å². The molecule has 5 rings (SSSR count). The third kappa shape index (κ3) is 4.37. The predicted molar refractivity (Wildman–Crippen MR) is 132 cm³/mol. The SMILES string of the molecule is COc1cc(C(=O)N(C)C)cc(-n2cnc(Nc3nc(N4CCC[C@H]4CO)nn4cccc34)c2)c1. The van der Waals surface area contributed by atoms with Crippen molar-refractivity contribution >= 4 is 29.0 Å². The number of imidazole rings is 1. The molecule has 182 valence electrons. The molecule has 1 fully saturated rings. The molecule has 1 saturated heterocycles. The summed E-state index contributed by atoms with van der Waals surface area (Å²) in [5, 5.41) is 17.7. The van der Waals surface area contributed by atoms with Crippen molar-refractivity contribution in [1.29, 1.82) is 0 Å². The van der Waals surface area contributed by atoms with Gasteiger partial charge in [-0.2, -0.15) is 4.98 Å². The van der Waals surface area contributed by atoms with E-state index in [0.717, 1.165) is 30.6 Å². The molecule has 0 aliphatic carbocycles. The zero-order valence-corrected chi connectivity index (χ0v) is 19.9. The second kappa shape index (κ2) is 9.26. The fourth-order valence-electron chi connectivity index (χ4n) is 4.31. The molecule has 35 heavy (non-hydrogen) atoms. The van der Waals surface area contributed by atoms with Crippen LogP contribution < -0.4 is 15.0 Å². The summed E-state index contributed by atoms with van der Waals surface area (Å²) in [6, 6.07) is 9.21. The van der Waals surface area contributed by atoms with Gasteiger partial charge in [0.05, 0.1) is 31.6 Å². The van der Waals surface area contributed by atoms with Crippen LogP contribution in [0.4, 0.5) is 17.6 Å². The Morgan fingerprint density at radius 1 is 1.31 bits per heavy atom. The molecule has 0 radical (unpaired) electrons. The van der Waals surface area contributed by atoms with Crippen LogP contribution in [-0.4, -0.2) is 80.5 Å². The monoisotopic (exact) mass is 476 g/mol. The van der Waals surface area contributed by atoms with Crippen molar-refractivity contribution in [3.8, 4) is 11.4 Å². The first-order chi connectivity index (χ1) is 17.0. The molecule has 2 N–H and O–H groups in total. The Hall–Kier alpha value is -4.12. The number of benzene rings is 1. The molecule has 1 atom stereocenters. The third-order valence-electron chi connectivity index (χ3n) is 6.13. The molecule has 0 bridgehead atoms. The molecular weight excluding hydrogens is 448 g/mol. The number of carbonyl (C=O) groups is 1. The smallest absolute Gasteiger partial charge is 0.253 e. The van der Waals surface area contributed by atoms with Gasteiger partial charge in [0.25, 0.3) is 5.91 Å². The van der Waals surface area contributed by atoms with E-state index in [4.69, 9.17) is 9.72 Å². The summed E-state index contributed by atoms with van der Waals surface area (Å²) in [7, 11) is 5.00. The van der Waals surface area contributed by atoms with E-state index in [1.165, 1.54) is 4.90 Å². The van der Waals surface area contributed by atoms with Crippen molar-refractivity contribution in [1.82, 2.24) is 29.0 Å². The maximum Gasteiger partial charge on any atom is 0.253 e. The Bertz CT molecular complexity index is 1360. The van der Waals surface area contributed by atoms with Crippen molar-refractivity contribution < 1.29 is 14.6 Å². The average Bonchev–Trinajstić information content (AvgIpc) is 3.63. The van der Waals surface area contributed by atoms with Crippen LogP contribution in [0.3, 0.4) is 0 Å². The highest BCUT2D eigenvalue weighted by Gasteiger charge is 2.27. The summed E-state index contributed by atoms with van der Waals surface area (Å²) in [5.41, 5.74) is 2.07. The Labute approximate surface area is 202 Å². The normalized spacial score (nSPS) is 15.5. The summed E-state index contributed by atoms with van der Waals surface area (Å²) < 4.78 is 9.00. The van der Waals surface area contributed by atoms with E-state index < -0.39 is 0 Å². The van der Waals surface area contributed by atoms with Crippen molar-refractivity contribution in [3.05, 3.63) is 54.6 Å². The molecule has 0 unspecified atom stereocenters. The van der Waals surface area contributed by atoms with E-state index in [1.54, 1.807) is 44.2 Å². The van der Waals surface area contributed by atoms with E-state index in [2.05, 4.69) is 15.4 Å². The zero-order valence-electron chi connectivity index (χ0n) is 19.9. The maximum absolute atomic E-state index is 12.5. The lowest BCUT2D eigenvalue weighted by molar-refractivity contribution is 0.0827. The van der Waals surface area contributed by atoms with Gasteiger partial charge >= 0.3 is 0 Å². The van der Waals surface area contributed by atoms with Crippen LogP contribution in [0.5, 0.6) is 5.75 Å². The van der Waals surface area contributed by atoms with Gasteiger partial charge in [0.1, 0.15) is 23.4 Å². The molecule has 1 aliphatic heterocycles. The topological polar surface area (TPSA) is 113 Å². The second-order valence-corrected chi connectivity index (χ2v) is 8.68. The highest BCUT2D eigenvalue weighted by Crippen LogP contribution is 2.27. The minimum Gasteiger partial charge on any atom is -0.497 e. The Balaban J connectivity index is 1.47. The minimum atomic E-state index is -0.115. The number of nitrogens with one attached hydrogen (secondary N) is 1. The molecule has 3 aromatic heterocycles. The maximum atomic E-state index is 12.5. The van der Waals surface area contributed by atoms with Gasteiger partial charge in [0.2, 0.25) is 5.95 Å². The Kier molecular flexibility index (Phi) is 6.00. The largest absolute Gasteiger partial charge is 0.497 e. The number of aliphatic hydroxyl groups is 1. The lowest BCUT2D eigenvalue weighted by Crippen LogP contribution is -2.34. The van der Waals surface area contributed by atoms with Gasteiger partial charge in [0, 0.05) is 38.5 Å². The van der Waals surface area contributed by atoms with Crippen LogP contribution in [0.15, 0.2) is 49.1 Å². The number of nitrogens with zero attached hydrogens (tertiary/aromatic N) is 7. The standard InChI is InChI=1S/C24H28N8O3/c1-29(2)23(34)16-10-18(12-19(11-16)35-3)30-13-21(25-15-30)26-22-20-7-5-9-32(20)28-24(27-22)31-8-4-6-17(31)14-33/h5,7,9-13,15,17,33H,4,6,8,14H2,1-3H3,(H,26,27,28)/t17-/m0/s1. The molecule has 11 heteroatoms. The number of hydrogen-bond donors (Lipinski definition) is 2. The molecule has 0 spiro atoms. The summed E-state index contributed by atoms with van der Waals surface area (Å²) in [4.78, 5) is 25.4. The summed E-state index contributed by atoms with van der Waals surface area (Å²) in [5.74, 6) is 2.22. The molecule has 1 aliphatic rings. The van der Waals surface area contributed by atoms with Crippen LogP contribution in [-0.2, 0) is 0 Å². The van der Waals surface area contributed by atoms with E-state index in [1.807, 2.05) is 40.1 Å². The summed E-state index contributed by atoms with van der Waals surface area (Å²) >= 11 is 0. The van der Waals surface area contributed by atoms with E-state index in [0.29, 0.717) is 28.9 Å². The molecular formula is C24H28N8O3. The minimum absolute atomic E-state index is 0.0159. The predicted octanol–water partition coefficient (Wildman–Crippen LogP) is 2.33. The van der Waals surface area contributed by atoms with Crippen molar-refractivity contribution in [2.45, 2.75) is 18.9 Å². The lowest BCUT2D eigenvalue weighted by atomic mass is 10.1. The highest BCUT2D eigenvalue weighted by atomic mass is 16.5. The van der Waals surface area contributed by atoms with Gasteiger partial charge in [-0.3, -0.25) is 4.79 Å². The van der Waals surface area contributed by atoms with Crippen LogP contribution in [0.25, 0.3) is 11.2 Å². The molecule has 11 nitrogen and oxygen atoms in total. The van der Waals surface area contributed by atoms with Gasteiger partial charge < -0.3 is 29.5 Å². The number of amides is 1. The van der Waals surface area contributed by atoms with Gasteiger partial charge in [0.15, 0.2) is 5.82 Å². The van der Waals surface area contributed by atoms with E-state index in [-0.39, 0.29) is 18.6 Å².